The maximum absolute atomic E-state index is 3.53. The fourth-order valence-electron chi connectivity index (χ4n) is 3.22. The van der Waals surface area contributed by atoms with Crippen molar-refractivity contribution in [1.82, 2.24) is 10.2 Å². The first-order chi connectivity index (χ1) is 7.84. The van der Waals surface area contributed by atoms with Gasteiger partial charge in [0.15, 0.2) is 0 Å². The van der Waals surface area contributed by atoms with E-state index in [4.69, 9.17) is 0 Å². The third kappa shape index (κ3) is 1.76. The van der Waals surface area contributed by atoms with Crippen LogP contribution in [0.3, 0.4) is 0 Å². The van der Waals surface area contributed by atoms with Crippen molar-refractivity contribution in [2.45, 2.75) is 18.9 Å². The van der Waals surface area contributed by atoms with Crippen molar-refractivity contribution in [3.05, 3.63) is 35.4 Å². The summed E-state index contributed by atoms with van der Waals surface area (Å²) in [5.74, 6) is 0.815. The van der Waals surface area contributed by atoms with E-state index in [9.17, 15) is 0 Å². The highest BCUT2D eigenvalue weighted by Gasteiger charge is 2.31. The van der Waals surface area contributed by atoms with Gasteiger partial charge >= 0.3 is 0 Å². The molecule has 0 spiro atoms. The van der Waals surface area contributed by atoms with Crippen LogP contribution in [0.25, 0.3) is 0 Å². The molecular formula is C14H20N2. The smallest absolute Gasteiger partial charge is 0.0252 e. The molecule has 1 N–H and O–H groups in total. The Morgan fingerprint density at radius 1 is 1.19 bits per heavy atom. The lowest BCUT2D eigenvalue weighted by Crippen LogP contribution is -2.52. The summed E-state index contributed by atoms with van der Waals surface area (Å²) in [7, 11) is 2.27. The van der Waals surface area contributed by atoms with Crippen LogP contribution in [0.2, 0.25) is 0 Å². The lowest BCUT2D eigenvalue weighted by molar-refractivity contribution is 0.146. The van der Waals surface area contributed by atoms with E-state index in [1.807, 2.05) is 0 Å². The summed E-state index contributed by atoms with van der Waals surface area (Å²) < 4.78 is 0. The summed E-state index contributed by atoms with van der Waals surface area (Å²) in [6, 6.07) is 9.66. The van der Waals surface area contributed by atoms with Crippen LogP contribution in [0.5, 0.6) is 0 Å². The Kier molecular flexibility index (Phi) is 2.70. The van der Waals surface area contributed by atoms with Gasteiger partial charge in [0.1, 0.15) is 0 Å². The zero-order chi connectivity index (χ0) is 11.0. The van der Waals surface area contributed by atoms with Gasteiger partial charge in [-0.05, 0) is 36.9 Å². The van der Waals surface area contributed by atoms with Crippen LogP contribution in [0.4, 0.5) is 0 Å². The maximum atomic E-state index is 3.53. The molecule has 3 rings (SSSR count). The fourth-order valence-corrected chi connectivity index (χ4v) is 3.22. The molecule has 2 heteroatoms. The molecule has 0 saturated carbocycles. The molecule has 1 aliphatic carbocycles. The molecule has 86 valence electrons. The second-order valence-corrected chi connectivity index (χ2v) is 5.19. The molecule has 1 aromatic carbocycles. The predicted molar refractivity (Wildman–Crippen MR) is 66.6 cm³/mol. The van der Waals surface area contributed by atoms with Crippen molar-refractivity contribution in [2.24, 2.45) is 5.92 Å². The van der Waals surface area contributed by atoms with E-state index < -0.39 is 0 Å². The third-order valence-corrected chi connectivity index (χ3v) is 4.19. The summed E-state index contributed by atoms with van der Waals surface area (Å²) in [6.07, 6.45) is 2.54. The van der Waals surface area contributed by atoms with Crippen LogP contribution < -0.4 is 5.32 Å². The Balaban J connectivity index is 1.75. The molecular weight excluding hydrogens is 196 g/mol. The Bertz CT molecular complexity index is 350. The molecule has 0 aromatic heterocycles. The largest absolute Gasteiger partial charge is 0.314 e. The van der Waals surface area contributed by atoms with Gasteiger partial charge in [0, 0.05) is 25.7 Å². The van der Waals surface area contributed by atoms with Gasteiger partial charge in [-0.15, -0.1) is 0 Å². The number of fused-ring (bicyclic) bond motifs is 1. The summed E-state index contributed by atoms with van der Waals surface area (Å²) in [6.45, 7) is 3.50. The number of nitrogens with one attached hydrogen (secondary N) is 1. The zero-order valence-electron chi connectivity index (χ0n) is 9.95. The summed E-state index contributed by atoms with van der Waals surface area (Å²) in [5.41, 5.74) is 3.15. The molecule has 1 saturated heterocycles. The average Bonchev–Trinajstić information content (AvgIpc) is 2.73. The van der Waals surface area contributed by atoms with Gasteiger partial charge in [0.05, 0.1) is 0 Å². The number of nitrogens with zero attached hydrogens (tertiary/aromatic N) is 1. The minimum Gasteiger partial charge on any atom is -0.314 e. The van der Waals surface area contributed by atoms with E-state index in [0.717, 1.165) is 25.0 Å². The SMILES string of the molecule is CN1CCNCC1C1Cc2ccccc2C1. The first-order valence-corrected chi connectivity index (χ1v) is 6.32. The second-order valence-electron chi connectivity index (χ2n) is 5.19. The van der Waals surface area contributed by atoms with Crippen molar-refractivity contribution >= 4 is 0 Å². The number of piperazine rings is 1. The van der Waals surface area contributed by atoms with Crippen molar-refractivity contribution in [3.63, 3.8) is 0 Å². The van der Waals surface area contributed by atoms with E-state index >= 15 is 0 Å². The van der Waals surface area contributed by atoms with Gasteiger partial charge in [-0.2, -0.15) is 0 Å². The summed E-state index contributed by atoms with van der Waals surface area (Å²) >= 11 is 0. The quantitative estimate of drug-likeness (QED) is 0.761. The molecule has 0 amide bonds. The average molecular weight is 216 g/mol. The fraction of sp³-hybridized carbons (Fsp3) is 0.571. The normalized spacial score (nSPS) is 26.9. The van der Waals surface area contributed by atoms with Crippen LogP contribution in [-0.4, -0.2) is 37.6 Å². The van der Waals surface area contributed by atoms with E-state index in [2.05, 4.69) is 41.5 Å². The van der Waals surface area contributed by atoms with Crippen molar-refractivity contribution in [2.75, 3.05) is 26.7 Å². The predicted octanol–water partition coefficient (Wildman–Crippen LogP) is 1.30. The van der Waals surface area contributed by atoms with Crippen molar-refractivity contribution in [1.29, 1.82) is 0 Å². The molecule has 1 aromatic rings. The Hall–Kier alpha value is -0.860. The molecule has 0 bridgehead atoms. The lowest BCUT2D eigenvalue weighted by atomic mass is 9.94. The van der Waals surface area contributed by atoms with Crippen molar-refractivity contribution in [3.8, 4) is 0 Å². The monoisotopic (exact) mass is 216 g/mol. The first-order valence-electron chi connectivity index (χ1n) is 6.32. The molecule has 1 unspecified atom stereocenters. The third-order valence-electron chi connectivity index (χ3n) is 4.19. The number of benzene rings is 1. The highest BCUT2D eigenvalue weighted by molar-refractivity contribution is 5.32. The Morgan fingerprint density at radius 3 is 2.50 bits per heavy atom. The van der Waals surface area contributed by atoms with Crippen LogP contribution in [0.1, 0.15) is 11.1 Å². The topological polar surface area (TPSA) is 15.3 Å². The van der Waals surface area contributed by atoms with Gasteiger partial charge in [0.25, 0.3) is 0 Å². The highest BCUT2D eigenvalue weighted by atomic mass is 15.2. The Morgan fingerprint density at radius 2 is 1.88 bits per heavy atom. The van der Waals surface area contributed by atoms with Gasteiger partial charge in [-0.3, -0.25) is 0 Å². The first kappa shape index (κ1) is 10.3. The van der Waals surface area contributed by atoms with Crippen LogP contribution in [0, 0.1) is 5.92 Å². The highest BCUT2D eigenvalue weighted by Crippen LogP contribution is 2.30. The summed E-state index contributed by atoms with van der Waals surface area (Å²) in [4.78, 5) is 2.53. The van der Waals surface area contributed by atoms with Gasteiger partial charge in [0.2, 0.25) is 0 Å². The minimum absolute atomic E-state index is 0.723. The van der Waals surface area contributed by atoms with Crippen LogP contribution >= 0.6 is 0 Å². The Labute approximate surface area is 97.6 Å². The van der Waals surface area contributed by atoms with Gasteiger partial charge < -0.3 is 10.2 Å². The molecule has 1 aliphatic heterocycles. The molecule has 1 atom stereocenters. The van der Waals surface area contributed by atoms with E-state index in [0.29, 0.717) is 0 Å². The molecule has 16 heavy (non-hydrogen) atoms. The zero-order valence-corrected chi connectivity index (χ0v) is 9.95. The molecule has 1 heterocycles. The number of likely N-dealkylation sites (N-methyl/N-ethyl adjacent to an activating group) is 1. The van der Waals surface area contributed by atoms with Crippen molar-refractivity contribution < 1.29 is 0 Å². The van der Waals surface area contributed by atoms with Crippen LogP contribution in [-0.2, 0) is 12.8 Å². The number of hydrogen-bond acceptors (Lipinski definition) is 2. The standard InChI is InChI=1S/C14H20N2/c1-16-7-6-15-10-14(16)13-8-11-4-2-3-5-12(11)9-13/h2-5,13-15H,6-10H2,1H3. The van der Waals surface area contributed by atoms with E-state index in [-0.39, 0.29) is 0 Å². The summed E-state index contributed by atoms with van der Waals surface area (Å²) in [5, 5.41) is 3.53. The van der Waals surface area contributed by atoms with E-state index in [1.165, 1.54) is 19.4 Å². The molecule has 2 nitrogen and oxygen atoms in total. The van der Waals surface area contributed by atoms with Crippen LogP contribution in [0.15, 0.2) is 24.3 Å². The lowest BCUT2D eigenvalue weighted by Gasteiger charge is -2.37. The number of rotatable bonds is 1. The minimum atomic E-state index is 0.723. The molecule has 2 aliphatic rings. The van der Waals surface area contributed by atoms with Gasteiger partial charge in [-0.25, -0.2) is 0 Å². The molecule has 0 radical (unpaired) electrons. The second kappa shape index (κ2) is 4.19. The van der Waals surface area contributed by atoms with Gasteiger partial charge in [-0.1, -0.05) is 24.3 Å². The maximum Gasteiger partial charge on any atom is 0.0252 e. The van der Waals surface area contributed by atoms with E-state index in [1.54, 1.807) is 11.1 Å². The molecule has 1 fully saturated rings. The number of hydrogen-bond donors (Lipinski definition) is 1.